The molecule has 1 rings (SSSR count). The number of non-ortho nitro benzene ring substituents is 1. The van der Waals surface area contributed by atoms with Crippen molar-refractivity contribution in [3.63, 3.8) is 0 Å². The molecule has 0 saturated heterocycles. The fraction of sp³-hybridized carbons (Fsp3) is 0.455. The van der Waals surface area contributed by atoms with E-state index in [4.69, 9.17) is 5.84 Å². The molecule has 0 atom stereocenters. The molecule has 1 aromatic rings. The van der Waals surface area contributed by atoms with Crippen molar-refractivity contribution in [2.75, 3.05) is 23.9 Å². The number of rotatable bonds is 5. The molecule has 0 saturated carbocycles. The van der Waals surface area contributed by atoms with Crippen molar-refractivity contribution >= 4 is 17.1 Å². The first kappa shape index (κ1) is 14.2. The van der Waals surface area contributed by atoms with E-state index in [0.717, 1.165) is 0 Å². The summed E-state index contributed by atoms with van der Waals surface area (Å²) < 4.78 is 0. The van der Waals surface area contributed by atoms with Crippen molar-refractivity contribution < 1.29 is 10.0 Å². The molecule has 0 radical (unpaired) electrons. The van der Waals surface area contributed by atoms with Crippen LogP contribution in [0.25, 0.3) is 0 Å². The van der Waals surface area contributed by atoms with Gasteiger partial charge in [0.15, 0.2) is 0 Å². The average molecular weight is 254 g/mol. The third-order valence-electron chi connectivity index (χ3n) is 2.34. The quantitative estimate of drug-likeness (QED) is 0.412. The fourth-order valence-electron chi connectivity index (χ4n) is 1.68. The highest BCUT2D eigenvalue weighted by molar-refractivity contribution is 5.64. The van der Waals surface area contributed by atoms with Gasteiger partial charge in [-0.2, -0.15) is 0 Å². The third kappa shape index (κ3) is 3.86. The molecule has 0 amide bonds. The van der Waals surface area contributed by atoms with Gasteiger partial charge in [-0.15, -0.1) is 0 Å². The van der Waals surface area contributed by atoms with Crippen LogP contribution in [0.3, 0.4) is 0 Å². The lowest BCUT2D eigenvalue weighted by Gasteiger charge is -2.27. The number of nitrogen functional groups attached to an aromatic ring is 1. The van der Waals surface area contributed by atoms with Crippen LogP contribution < -0.4 is 16.2 Å². The molecular weight excluding hydrogens is 236 g/mol. The maximum atomic E-state index is 10.8. The standard InChI is InChI=1S/C11H18N4O3/c1-11(2,16)7-14(3)9-4-8(13-12)5-10(6-9)15(17)18/h4-6,13,16H,7,12H2,1-3H3. The second-order valence-corrected chi connectivity index (χ2v) is 4.81. The smallest absolute Gasteiger partial charge is 0.273 e. The first-order valence-corrected chi connectivity index (χ1v) is 5.42. The number of likely N-dealkylation sites (N-methyl/N-ethyl adjacent to an activating group) is 1. The van der Waals surface area contributed by atoms with Crippen molar-refractivity contribution in [3.8, 4) is 0 Å². The molecule has 0 aliphatic rings. The summed E-state index contributed by atoms with van der Waals surface area (Å²) >= 11 is 0. The molecule has 0 aliphatic carbocycles. The van der Waals surface area contributed by atoms with Crippen molar-refractivity contribution in [2.24, 2.45) is 5.84 Å². The summed E-state index contributed by atoms with van der Waals surface area (Å²) in [5.74, 6) is 5.27. The molecule has 0 aromatic heterocycles. The Morgan fingerprint density at radius 2 is 2.11 bits per heavy atom. The Labute approximate surface area is 105 Å². The van der Waals surface area contributed by atoms with Crippen molar-refractivity contribution in [1.29, 1.82) is 0 Å². The van der Waals surface area contributed by atoms with Gasteiger partial charge < -0.3 is 15.4 Å². The van der Waals surface area contributed by atoms with Gasteiger partial charge in [-0.05, 0) is 19.9 Å². The molecule has 7 heteroatoms. The number of nitro benzene ring substituents is 1. The van der Waals surface area contributed by atoms with Crippen LogP contribution in [0, 0.1) is 10.1 Å². The Bertz CT molecular complexity index is 442. The Morgan fingerprint density at radius 3 is 2.56 bits per heavy atom. The summed E-state index contributed by atoms with van der Waals surface area (Å²) in [6, 6.07) is 4.47. The van der Waals surface area contributed by atoms with Gasteiger partial charge in [-0.1, -0.05) is 0 Å². The first-order valence-electron chi connectivity index (χ1n) is 5.42. The molecule has 4 N–H and O–H groups in total. The van der Waals surface area contributed by atoms with Crippen LogP contribution in [0.15, 0.2) is 18.2 Å². The lowest BCUT2D eigenvalue weighted by molar-refractivity contribution is -0.384. The normalized spacial score (nSPS) is 11.2. The van der Waals surface area contributed by atoms with E-state index < -0.39 is 10.5 Å². The van der Waals surface area contributed by atoms with E-state index in [1.165, 1.54) is 12.1 Å². The topological polar surface area (TPSA) is 105 Å². The Kier molecular flexibility index (Phi) is 4.10. The zero-order chi connectivity index (χ0) is 13.9. The van der Waals surface area contributed by atoms with Crippen molar-refractivity contribution in [3.05, 3.63) is 28.3 Å². The number of hydrazine groups is 1. The highest BCUT2D eigenvalue weighted by Crippen LogP contribution is 2.26. The van der Waals surface area contributed by atoms with E-state index in [-0.39, 0.29) is 5.69 Å². The zero-order valence-electron chi connectivity index (χ0n) is 10.7. The minimum atomic E-state index is -0.893. The molecule has 0 spiro atoms. The molecule has 100 valence electrons. The van der Waals surface area contributed by atoms with Crippen LogP contribution in [0.2, 0.25) is 0 Å². The predicted molar refractivity (Wildman–Crippen MR) is 70.5 cm³/mol. The average Bonchev–Trinajstić information content (AvgIpc) is 2.26. The molecule has 1 aromatic carbocycles. The number of hydrogen-bond donors (Lipinski definition) is 3. The van der Waals surface area contributed by atoms with Gasteiger partial charge in [0, 0.05) is 31.4 Å². The van der Waals surface area contributed by atoms with Gasteiger partial charge >= 0.3 is 0 Å². The maximum absolute atomic E-state index is 10.8. The van der Waals surface area contributed by atoms with Gasteiger partial charge in [0.2, 0.25) is 0 Å². The minimum Gasteiger partial charge on any atom is -0.389 e. The molecule has 18 heavy (non-hydrogen) atoms. The third-order valence-corrected chi connectivity index (χ3v) is 2.34. The van der Waals surface area contributed by atoms with Crippen LogP contribution >= 0.6 is 0 Å². The van der Waals surface area contributed by atoms with E-state index in [9.17, 15) is 15.2 Å². The Morgan fingerprint density at radius 1 is 1.50 bits per heavy atom. The lowest BCUT2D eigenvalue weighted by atomic mass is 10.1. The summed E-state index contributed by atoms with van der Waals surface area (Å²) in [6.45, 7) is 3.68. The van der Waals surface area contributed by atoms with Crippen molar-refractivity contribution in [1.82, 2.24) is 0 Å². The summed E-state index contributed by atoms with van der Waals surface area (Å²) in [4.78, 5) is 12.0. The second-order valence-electron chi connectivity index (χ2n) is 4.81. The predicted octanol–water partition coefficient (Wildman–Crippen LogP) is 1.09. The van der Waals surface area contributed by atoms with Crippen LogP contribution in [-0.2, 0) is 0 Å². The number of anilines is 2. The van der Waals surface area contributed by atoms with Gasteiger partial charge in [0.05, 0.1) is 16.2 Å². The number of nitrogens with one attached hydrogen (secondary N) is 1. The number of nitrogens with zero attached hydrogens (tertiary/aromatic N) is 2. The maximum Gasteiger partial charge on any atom is 0.273 e. The Balaban J connectivity index is 3.07. The Hall–Kier alpha value is -1.86. The summed E-state index contributed by atoms with van der Waals surface area (Å²) in [6.07, 6.45) is 0. The summed E-state index contributed by atoms with van der Waals surface area (Å²) in [5.41, 5.74) is 2.50. The van der Waals surface area contributed by atoms with Gasteiger partial charge in [0.25, 0.3) is 5.69 Å². The van der Waals surface area contributed by atoms with E-state index in [1.807, 2.05) is 0 Å². The molecule has 0 aliphatic heterocycles. The number of nitro groups is 1. The highest BCUT2D eigenvalue weighted by atomic mass is 16.6. The lowest BCUT2D eigenvalue weighted by Crippen LogP contribution is -2.36. The first-order chi connectivity index (χ1) is 8.23. The molecular formula is C11H18N4O3. The molecule has 0 heterocycles. The fourth-order valence-corrected chi connectivity index (χ4v) is 1.68. The van der Waals surface area contributed by atoms with Gasteiger partial charge in [-0.25, -0.2) is 0 Å². The SMILES string of the molecule is CN(CC(C)(C)O)c1cc(NN)cc([N+](=O)[O-])c1. The minimum absolute atomic E-state index is 0.0527. The van der Waals surface area contributed by atoms with Crippen LogP contribution in [0.5, 0.6) is 0 Å². The van der Waals surface area contributed by atoms with Crippen LogP contribution in [0.1, 0.15) is 13.8 Å². The van der Waals surface area contributed by atoms with Gasteiger partial charge in [-0.3, -0.25) is 16.0 Å². The van der Waals surface area contributed by atoms with Crippen LogP contribution in [0.4, 0.5) is 17.1 Å². The zero-order valence-corrected chi connectivity index (χ0v) is 10.7. The monoisotopic (exact) mass is 254 g/mol. The van der Waals surface area contributed by atoms with E-state index in [1.54, 1.807) is 31.9 Å². The largest absolute Gasteiger partial charge is 0.389 e. The van der Waals surface area contributed by atoms with Gasteiger partial charge in [0.1, 0.15) is 0 Å². The number of hydrogen-bond acceptors (Lipinski definition) is 6. The van der Waals surface area contributed by atoms with E-state index in [0.29, 0.717) is 17.9 Å². The van der Waals surface area contributed by atoms with Crippen molar-refractivity contribution in [2.45, 2.75) is 19.4 Å². The number of aliphatic hydroxyl groups is 1. The van der Waals surface area contributed by atoms with Crippen LogP contribution in [-0.4, -0.2) is 29.2 Å². The molecule has 0 fully saturated rings. The van der Waals surface area contributed by atoms with E-state index in [2.05, 4.69) is 5.43 Å². The highest BCUT2D eigenvalue weighted by Gasteiger charge is 2.18. The summed E-state index contributed by atoms with van der Waals surface area (Å²) in [5, 5.41) is 20.5. The second kappa shape index (κ2) is 5.19. The summed E-state index contributed by atoms with van der Waals surface area (Å²) in [7, 11) is 1.75. The molecule has 0 unspecified atom stereocenters. The van der Waals surface area contributed by atoms with E-state index >= 15 is 0 Å². The molecule has 0 bridgehead atoms. The number of nitrogens with two attached hydrogens (primary N) is 1. The molecule has 7 nitrogen and oxygen atoms in total. The number of benzene rings is 1.